The maximum Gasteiger partial charge on any atom is 0.354 e. The summed E-state index contributed by atoms with van der Waals surface area (Å²) in [7, 11) is -3.07. The van der Waals surface area contributed by atoms with Crippen LogP contribution in [0.25, 0.3) is 0 Å². The van der Waals surface area contributed by atoms with Crippen LogP contribution in [0.2, 0.25) is 0 Å². The van der Waals surface area contributed by atoms with E-state index in [0.717, 1.165) is 28.7 Å². The molecule has 1 N–H and O–H groups in total. The maximum absolute atomic E-state index is 12.6. The predicted molar refractivity (Wildman–Crippen MR) is 79.9 cm³/mol. The number of aromatic nitrogens is 1. The van der Waals surface area contributed by atoms with E-state index in [0.29, 0.717) is 0 Å². The van der Waals surface area contributed by atoms with Crippen LogP contribution >= 0.6 is 0 Å². The molecule has 0 atom stereocenters. The minimum absolute atomic E-state index is 0.0237. The second kappa shape index (κ2) is 6.01. The molecule has 0 bridgehead atoms. The average molecular weight is 337 g/mol. The normalized spacial score (nSPS) is 11.0. The van der Waals surface area contributed by atoms with Gasteiger partial charge in [-0.15, -0.1) is 0 Å². The number of hydrogen-bond acceptors (Lipinski definition) is 6. The van der Waals surface area contributed by atoms with Crippen LogP contribution in [-0.2, 0) is 10.0 Å². The van der Waals surface area contributed by atoms with Crippen LogP contribution < -0.4 is 4.31 Å². The largest absolute Gasteiger partial charge is 0.477 e. The van der Waals surface area contributed by atoms with Crippen LogP contribution in [0.1, 0.15) is 10.5 Å². The van der Waals surface area contributed by atoms with E-state index in [1.54, 1.807) is 0 Å². The minimum Gasteiger partial charge on any atom is -0.477 e. The van der Waals surface area contributed by atoms with Gasteiger partial charge in [0.25, 0.3) is 15.7 Å². The first kappa shape index (κ1) is 16.4. The molecule has 0 spiro atoms. The van der Waals surface area contributed by atoms with Crippen LogP contribution in [0, 0.1) is 10.1 Å². The van der Waals surface area contributed by atoms with E-state index < -0.39 is 31.5 Å². The Balaban J connectivity index is 2.54. The van der Waals surface area contributed by atoms with E-state index >= 15 is 0 Å². The molecule has 0 fully saturated rings. The molecule has 120 valence electrons. The number of nitro groups is 1. The van der Waals surface area contributed by atoms with Crippen molar-refractivity contribution in [1.29, 1.82) is 0 Å². The predicted octanol–water partition coefficient (Wildman–Crippen LogP) is 1.51. The third kappa shape index (κ3) is 3.11. The summed E-state index contributed by atoms with van der Waals surface area (Å²) in [6.45, 7) is 0. The third-order valence-electron chi connectivity index (χ3n) is 3.03. The number of carbonyl (C=O) groups is 1. The molecule has 1 aromatic carbocycles. The van der Waals surface area contributed by atoms with Crippen molar-refractivity contribution in [3.8, 4) is 0 Å². The van der Waals surface area contributed by atoms with Crippen molar-refractivity contribution >= 4 is 27.4 Å². The number of carboxylic acids is 1. The van der Waals surface area contributed by atoms with Gasteiger partial charge < -0.3 is 5.11 Å². The molecule has 0 radical (unpaired) electrons. The van der Waals surface area contributed by atoms with Crippen LogP contribution in [0.4, 0.5) is 11.4 Å². The Bertz CT molecular complexity index is 881. The Hall–Kier alpha value is -3.01. The Morgan fingerprint density at radius 2 is 1.96 bits per heavy atom. The van der Waals surface area contributed by atoms with Gasteiger partial charge in [-0.2, -0.15) is 0 Å². The Labute approximate surface area is 131 Å². The van der Waals surface area contributed by atoms with Crippen LogP contribution in [0.15, 0.2) is 47.5 Å². The number of hydrogen-bond donors (Lipinski definition) is 1. The summed E-state index contributed by atoms with van der Waals surface area (Å²) < 4.78 is 26.0. The highest BCUT2D eigenvalue weighted by Gasteiger charge is 2.29. The number of nitrogens with zero attached hydrogens (tertiary/aromatic N) is 3. The smallest absolute Gasteiger partial charge is 0.354 e. The van der Waals surface area contributed by atoms with Crippen LogP contribution in [0.5, 0.6) is 0 Å². The fraction of sp³-hybridized carbons (Fsp3) is 0.0769. The number of nitro benzene ring substituents is 1. The van der Waals surface area contributed by atoms with E-state index in [9.17, 15) is 23.3 Å². The molecule has 0 aliphatic heterocycles. The first-order valence-electron chi connectivity index (χ1n) is 6.17. The molecule has 0 saturated carbocycles. The molecule has 23 heavy (non-hydrogen) atoms. The highest BCUT2D eigenvalue weighted by Crippen LogP contribution is 2.28. The second-order valence-corrected chi connectivity index (χ2v) is 6.34. The number of anilines is 1. The van der Waals surface area contributed by atoms with Crippen molar-refractivity contribution in [3.05, 3.63) is 58.4 Å². The number of sulfonamides is 1. The fourth-order valence-corrected chi connectivity index (χ4v) is 3.19. The van der Waals surface area contributed by atoms with E-state index in [-0.39, 0.29) is 11.4 Å². The highest BCUT2D eigenvalue weighted by molar-refractivity contribution is 7.93. The summed E-state index contributed by atoms with van der Waals surface area (Å²) in [5.74, 6) is -1.32. The van der Waals surface area contributed by atoms with Gasteiger partial charge in [0.2, 0.25) is 0 Å². The zero-order valence-corrected chi connectivity index (χ0v) is 12.6. The molecule has 2 rings (SSSR count). The Kier molecular flexibility index (Phi) is 4.27. The number of rotatable bonds is 5. The molecular weight excluding hydrogens is 326 g/mol. The van der Waals surface area contributed by atoms with Crippen molar-refractivity contribution in [2.45, 2.75) is 4.90 Å². The van der Waals surface area contributed by atoms with Gasteiger partial charge in [-0.25, -0.2) is 18.2 Å². The van der Waals surface area contributed by atoms with Gasteiger partial charge >= 0.3 is 5.97 Å². The molecule has 0 unspecified atom stereocenters. The molecule has 0 saturated heterocycles. The summed E-state index contributed by atoms with van der Waals surface area (Å²) in [5.41, 5.74) is -0.880. The molecule has 0 aliphatic carbocycles. The molecule has 9 nitrogen and oxygen atoms in total. The molecule has 10 heteroatoms. The molecule has 1 heterocycles. The molecule has 0 amide bonds. The van der Waals surface area contributed by atoms with E-state index in [1.165, 1.54) is 25.2 Å². The quantitative estimate of drug-likeness (QED) is 0.646. The van der Waals surface area contributed by atoms with Gasteiger partial charge in [-0.1, -0.05) is 12.1 Å². The molecule has 0 aliphatic rings. The number of aromatic carboxylic acids is 1. The average Bonchev–Trinajstić information content (AvgIpc) is 2.54. The summed E-state index contributed by atoms with van der Waals surface area (Å²) in [6.07, 6.45) is 1.14. The zero-order valence-electron chi connectivity index (χ0n) is 11.8. The lowest BCUT2D eigenvalue weighted by Crippen LogP contribution is -2.27. The van der Waals surface area contributed by atoms with E-state index in [1.807, 2.05) is 0 Å². The van der Waals surface area contributed by atoms with Crippen LogP contribution in [0.3, 0.4) is 0 Å². The van der Waals surface area contributed by atoms with Gasteiger partial charge in [0.1, 0.15) is 5.69 Å². The summed E-state index contributed by atoms with van der Waals surface area (Å²) in [4.78, 5) is 24.2. The lowest BCUT2D eigenvalue weighted by Gasteiger charge is -2.19. The third-order valence-corrected chi connectivity index (χ3v) is 4.86. The fourth-order valence-electron chi connectivity index (χ4n) is 1.84. The number of pyridine rings is 1. The molecule has 2 aromatic rings. The van der Waals surface area contributed by atoms with Gasteiger partial charge in [0, 0.05) is 19.3 Å². The zero-order chi connectivity index (χ0) is 17.2. The van der Waals surface area contributed by atoms with Gasteiger partial charge in [-0.05, 0) is 18.2 Å². The van der Waals surface area contributed by atoms with Crippen molar-refractivity contribution in [2.24, 2.45) is 0 Å². The van der Waals surface area contributed by atoms with E-state index in [4.69, 9.17) is 5.11 Å². The lowest BCUT2D eigenvalue weighted by atomic mass is 10.3. The monoisotopic (exact) mass is 337 g/mol. The molecular formula is C13H11N3O6S. The number of benzene rings is 1. The molecule has 1 aromatic heterocycles. The lowest BCUT2D eigenvalue weighted by molar-refractivity contribution is -0.387. The Morgan fingerprint density at radius 1 is 1.30 bits per heavy atom. The van der Waals surface area contributed by atoms with Gasteiger partial charge in [0.05, 0.1) is 10.6 Å². The Morgan fingerprint density at radius 3 is 2.57 bits per heavy atom. The van der Waals surface area contributed by atoms with Crippen molar-refractivity contribution < 1.29 is 23.2 Å². The standard InChI is InChI=1S/C13H11N3O6S/c1-15(9-6-7-14-10(8-9)13(17)18)23(21,22)12-5-3-2-4-11(12)16(19)20/h2-8H,1H3,(H,17,18). The number of carboxylic acid groups (broad SMARTS) is 1. The van der Waals surface area contributed by atoms with E-state index in [2.05, 4.69) is 4.98 Å². The topological polar surface area (TPSA) is 131 Å². The van der Waals surface area contributed by atoms with Crippen molar-refractivity contribution in [1.82, 2.24) is 4.98 Å². The minimum atomic E-state index is -4.24. The van der Waals surface area contributed by atoms with Crippen LogP contribution in [-0.4, -0.2) is 36.4 Å². The summed E-state index contributed by atoms with van der Waals surface area (Å²) in [5, 5.41) is 19.9. The second-order valence-electron chi connectivity index (χ2n) is 4.40. The van der Waals surface area contributed by atoms with Crippen molar-refractivity contribution in [2.75, 3.05) is 11.4 Å². The summed E-state index contributed by atoms with van der Waals surface area (Å²) >= 11 is 0. The number of para-hydroxylation sites is 1. The van der Waals surface area contributed by atoms with Gasteiger partial charge in [0.15, 0.2) is 4.90 Å². The SMILES string of the molecule is CN(c1ccnc(C(=O)O)c1)S(=O)(=O)c1ccccc1[N+](=O)[O-]. The van der Waals surface area contributed by atoms with Crippen molar-refractivity contribution in [3.63, 3.8) is 0 Å². The maximum atomic E-state index is 12.6. The summed E-state index contributed by atoms with van der Waals surface area (Å²) in [6, 6.07) is 7.27. The first-order chi connectivity index (χ1) is 10.7. The highest BCUT2D eigenvalue weighted by atomic mass is 32.2. The van der Waals surface area contributed by atoms with Gasteiger partial charge in [-0.3, -0.25) is 14.4 Å². The first-order valence-corrected chi connectivity index (χ1v) is 7.61.